The van der Waals surface area contributed by atoms with Crippen LogP contribution in [0.2, 0.25) is 0 Å². The highest BCUT2D eigenvalue weighted by molar-refractivity contribution is 5.74. The predicted molar refractivity (Wildman–Crippen MR) is 61.5 cm³/mol. The third-order valence-corrected chi connectivity index (χ3v) is 2.40. The van der Waals surface area contributed by atoms with E-state index in [-0.39, 0.29) is 11.9 Å². The standard InChI is InChI=1S/C12H18N2O/c1-8-4-9(2)6-10(5-8)11(14-3)7-12(13)15/h4-6,11,14H,7H2,1-3H3,(H2,13,15). The molecular weight excluding hydrogens is 188 g/mol. The Morgan fingerprint density at radius 1 is 1.33 bits per heavy atom. The minimum absolute atomic E-state index is 0.0149. The molecule has 0 aliphatic heterocycles. The van der Waals surface area contributed by atoms with E-state index in [0.29, 0.717) is 6.42 Å². The topological polar surface area (TPSA) is 55.1 Å². The molecule has 0 fully saturated rings. The van der Waals surface area contributed by atoms with Crippen molar-refractivity contribution >= 4 is 5.91 Å². The number of aryl methyl sites for hydroxylation is 2. The van der Waals surface area contributed by atoms with Crippen LogP contribution in [0.5, 0.6) is 0 Å². The lowest BCUT2D eigenvalue weighted by Gasteiger charge is -2.16. The molecule has 1 atom stereocenters. The minimum atomic E-state index is -0.284. The number of amides is 1. The summed E-state index contributed by atoms with van der Waals surface area (Å²) in [4.78, 5) is 10.9. The second-order valence-electron chi connectivity index (χ2n) is 3.93. The van der Waals surface area contributed by atoms with Crippen molar-refractivity contribution in [2.24, 2.45) is 5.73 Å². The van der Waals surface area contributed by atoms with Crippen LogP contribution < -0.4 is 11.1 Å². The molecule has 0 saturated carbocycles. The number of benzene rings is 1. The van der Waals surface area contributed by atoms with Gasteiger partial charge in [-0.3, -0.25) is 4.79 Å². The van der Waals surface area contributed by atoms with E-state index in [1.807, 2.05) is 20.9 Å². The zero-order valence-electron chi connectivity index (χ0n) is 9.50. The van der Waals surface area contributed by atoms with Crippen molar-refractivity contribution in [1.29, 1.82) is 0 Å². The molecule has 0 aliphatic carbocycles. The summed E-state index contributed by atoms with van der Waals surface area (Å²) in [6, 6.07) is 6.29. The lowest BCUT2D eigenvalue weighted by Crippen LogP contribution is -2.23. The Labute approximate surface area is 90.7 Å². The summed E-state index contributed by atoms with van der Waals surface area (Å²) in [5.74, 6) is -0.284. The summed E-state index contributed by atoms with van der Waals surface area (Å²) in [5.41, 5.74) is 8.73. The van der Waals surface area contributed by atoms with Crippen molar-refractivity contribution in [3.63, 3.8) is 0 Å². The summed E-state index contributed by atoms with van der Waals surface area (Å²) in [6.45, 7) is 4.10. The molecule has 15 heavy (non-hydrogen) atoms. The second-order valence-corrected chi connectivity index (χ2v) is 3.93. The van der Waals surface area contributed by atoms with E-state index in [2.05, 4.69) is 23.5 Å². The maximum atomic E-state index is 10.9. The average molecular weight is 206 g/mol. The Bertz CT molecular complexity index is 340. The highest BCUT2D eigenvalue weighted by Gasteiger charge is 2.12. The quantitative estimate of drug-likeness (QED) is 0.783. The Morgan fingerprint density at radius 3 is 2.27 bits per heavy atom. The molecule has 0 aromatic heterocycles. The molecule has 3 N–H and O–H groups in total. The number of carbonyl (C=O) groups excluding carboxylic acids is 1. The number of primary amides is 1. The molecule has 0 spiro atoms. The van der Waals surface area contributed by atoms with Crippen LogP contribution in [0.3, 0.4) is 0 Å². The van der Waals surface area contributed by atoms with Crippen molar-refractivity contribution in [3.05, 3.63) is 34.9 Å². The summed E-state index contributed by atoms with van der Waals surface area (Å²) in [5, 5.41) is 3.10. The fraction of sp³-hybridized carbons (Fsp3) is 0.417. The second kappa shape index (κ2) is 4.94. The smallest absolute Gasteiger partial charge is 0.219 e. The van der Waals surface area contributed by atoms with Gasteiger partial charge in [-0.15, -0.1) is 0 Å². The Kier molecular flexibility index (Phi) is 3.86. The van der Waals surface area contributed by atoms with Gasteiger partial charge in [-0.2, -0.15) is 0 Å². The monoisotopic (exact) mass is 206 g/mol. The van der Waals surface area contributed by atoms with Crippen molar-refractivity contribution in [2.75, 3.05) is 7.05 Å². The van der Waals surface area contributed by atoms with Crippen LogP contribution in [0.4, 0.5) is 0 Å². The van der Waals surface area contributed by atoms with Crippen LogP contribution in [-0.4, -0.2) is 13.0 Å². The molecule has 1 aromatic rings. The number of rotatable bonds is 4. The van der Waals surface area contributed by atoms with Gasteiger partial charge in [0.25, 0.3) is 0 Å². The van der Waals surface area contributed by atoms with Crippen LogP contribution in [0, 0.1) is 13.8 Å². The maximum Gasteiger partial charge on any atom is 0.219 e. The molecule has 1 amide bonds. The number of hydrogen-bond acceptors (Lipinski definition) is 2. The predicted octanol–water partition coefficient (Wildman–Crippen LogP) is 1.44. The van der Waals surface area contributed by atoms with Gasteiger partial charge in [0.2, 0.25) is 5.91 Å². The van der Waals surface area contributed by atoms with Crippen LogP contribution in [0.25, 0.3) is 0 Å². The van der Waals surface area contributed by atoms with Crippen molar-refractivity contribution in [3.8, 4) is 0 Å². The molecule has 0 bridgehead atoms. The number of nitrogens with one attached hydrogen (secondary N) is 1. The summed E-state index contributed by atoms with van der Waals surface area (Å²) in [7, 11) is 1.84. The third kappa shape index (κ3) is 3.36. The molecular formula is C12H18N2O. The zero-order valence-corrected chi connectivity index (χ0v) is 9.50. The van der Waals surface area contributed by atoms with E-state index in [1.165, 1.54) is 11.1 Å². The molecule has 82 valence electrons. The van der Waals surface area contributed by atoms with Gasteiger partial charge in [-0.1, -0.05) is 29.3 Å². The lowest BCUT2D eigenvalue weighted by atomic mass is 9.99. The van der Waals surface area contributed by atoms with Gasteiger partial charge in [0.1, 0.15) is 0 Å². The number of carbonyl (C=O) groups is 1. The molecule has 3 heteroatoms. The highest BCUT2D eigenvalue weighted by atomic mass is 16.1. The van der Waals surface area contributed by atoms with Crippen LogP contribution in [0.15, 0.2) is 18.2 Å². The van der Waals surface area contributed by atoms with Crippen molar-refractivity contribution < 1.29 is 4.79 Å². The first kappa shape index (κ1) is 11.7. The number of nitrogens with two attached hydrogens (primary N) is 1. The van der Waals surface area contributed by atoms with E-state index in [1.54, 1.807) is 0 Å². The van der Waals surface area contributed by atoms with Gasteiger partial charge in [-0.05, 0) is 26.5 Å². The normalized spacial score (nSPS) is 12.5. The van der Waals surface area contributed by atoms with Gasteiger partial charge >= 0.3 is 0 Å². The zero-order chi connectivity index (χ0) is 11.4. The summed E-state index contributed by atoms with van der Waals surface area (Å²) in [6.07, 6.45) is 0.333. The van der Waals surface area contributed by atoms with Crippen LogP contribution in [0.1, 0.15) is 29.2 Å². The minimum Gasteiger partial charge on any atom is -0.370 e. The first-order valence-electron chi connectivity index (χ1n) is 5.06. The SMILES string of the molecule is CNC(CC(N)=O)c1cc(C)cc(C)c1. The van der Waals surface area contributed by atoms with Gasteiger partial charge in [-0.25, -0.2) is 0 Å². The van der Waals surface area contributed by atoms with Gasteiger partial charge in [0.15, 0.2) is 0 Å². The van der Waals surface area contributed by atoms with E-state index in [9.17, 15) is 4.79 Å². The molecule has 0 aliphatic rings. The molecule has 0 saturated heterocycles. The summed E-state index contributed by atoms with van der Waals surface area (Å²) < 4.78 is 0. The van der Waals surface area contributed by atoms with E-state index < -0.39 is 0 Å². The Balaban J connectivity index is 2.95. The maximum absolute atomic E-state index is 10.9. The van der Waals surface area contributed by atoms with Crippen LogP contribution in [-0.2, 0) is 4.79 Å². The lowest BCUT2D eigenvalue weighted by molar-refractivity contribution is -0.118. The molecule has 1 aromatic carbocycles. The average Bonchev–Trinajstić information content (AvgIpc) is 2.12. The van der Waals surface area contributed by atoms with Crippen molar-refractivity contribution in [2.45, 2.75) is 26.3 Å². The fourth-order valence-corrected chi connectivity index (χ4v) is 1.80. The van der Waals surface area contributed by atoms with Crippen LogP contribution >= 0.6 is 0 Å². The first-order valence-corrected chi connectivity index (χ1v) is 5.06. The van der Waals surface area contributed by atoms with E-state index in [0.717, 1.165) is 5.56 Å². The fourth-order valence-electron chi connectivity index (χ4n) is 1.80. The molecule has 1 unspecified atom stereocenters. The number of hydrogen-bond donors (Lipinski definition) is 2. The van der Waals surface area contributed by atoms with Gasteiger partial charge < -0.3 is 11.1 Å². The Morgan fingerprint density at radius 2 is 1.87 bits per heavy atom. The van der Waals surface area contributed by atoms with E-state index >= 15 is 0 Å². The summed E-state index contributed by atoms with van der Waals surface area (Å²) >= 11 is 0. The van der Waals surface area contributed by atoms with Gasteiger partial charge in [0.05, 0.1) is 0 Å². The Hall–Kier alpha value is -1.35. The molecule has 0 radical (unpaired) electrons. The highest BCUT2D eigenvalue weighted by Crippen LogP contribution is 2.19. The van der Waals surface area contributed by atoms with Crippen molar-refractivity contribution in [1.82, 2.24) is 5.32 Å². The largest absolute Gasteiger partial charge is 0.370 e. The van der Waals surface area contributed by atoms with Gasteiger partial charge in [0, 0.05) is 12.5 Å². The molecule has 1 rings (SSSR count). The molecule has 0 heterocycles. The molecule has 3 nitrogen and oxygen atoms in total. The third-order valence-electron chi connectivity index (χ3n) is 2.40. The first-order chi connectivity index (χ1) is 7.02. The van der Waals surface area contributed by atoms with E-state index in [4.69, 9.17) is 5.73 Å².